The molecule has 1 N–H and O–H groups in total. The van der Waals surface area contributed by atoms with Crippen LogP contribution in [0.15, 0.2) is 18.3 Å². The molecule has 0 fully saturated rings. The smallest absolute Gasteiger partial charge is 0.364 e. The van der Waals surface area contributed by atoms with Gasteiger partial charge in [-0.05, 0) is 26.0 Å². The molecule has 2 rings (SSSR count). The van der Waals surface area contributed by atoms with Gasteiger partial charge < -0.3 is 5.32 Å². The molecule has 0 atom stereocenters. The Morgan fingerprint density at radius 1 is 1.26 bits per heavy atom. The van der Waals surface area contributed by atoms with Crippen molar-refractivity contribution >= 4 is 17.2 Å². The maximum absolute atomic E-state index is 12.4. The highest BCUT2D eigenvalue weighted by Crippen LogP contribution is 2.28. The van der Waals surface area contributed by atoms with E-state index in [1.54, 1.807) is 11.3 Å². The first-order valence-corrected chi connectivity index (χ1v) is 6.38. The van der Waals surface area contributed by atoms with Crippen LogP contribution < -0.4 is 5.32 Å². The molecule has 2 aromatic rings. The van der Waals surface area contributed by atoms with Crippen LogP contribution in [0.3, 0.4) is 0 Å². The van der Waals surface area contributed by atoms with Crippen molar-refractivity contribution in [1.29, 1.82) is 0 Å². The number of aromatic nitrogens is 2. The normalized spacial score (nSPS) is 11.6. The fourth-order valence-corrected chi connectivity index (χ4v) is 2.41. The lowest BCUT2D eigenvalue weighted by molar-refractivity contribution is -0.137. The number of hydrogen-bond acceptors (Lipinski definition) is 4. The summed E-state index contributed by atoms with van der Waals surface area (Å²) in [6.07, 6.45) is -3.53. The van der Waals surface area contributed by atoms with E-state index >= 15 is 0 Å². The summed E-state index contributed by atoms with van der Waals surface area (Å²) in [5.41, 5.74) is 0.142. The van der Waals surface area contributed by atoms with Crippen molar-refractivity contribution < 1.29 is 13.2 Å². The largest absolute Gasteiger partial charge is 0.417 e. The third-order valence-electron chi connectivity index (χ3n) is 2.53. The Bertz CT molecular complexity index is 561. The molecule has 0 aliphatic carbocycles. The van der Waals surface area contributed by atoms with Crippen molar-refractivity contribution in [2.75, 3.05) is 5.32 Å². The van der Waals surface area contributed by atoms with Gasteiger partial charge in [0.25, 0.3) is 0 Å². The van der Waals surface area contributed by atoms with Crippen LogP contribution in [0.1, 0.15) is 21.1 Å². The van der Waals surface area contributed by atoms with Crippen molar-refractivity contribution in [1.82, 2.24) is 9.97 Å². The maximum atomic E-state index is 12.4. The van der Waals surface area contributed by atoms with Gasteiger partial charge >= 0.3 is 6.18 Å². The summed E-state index contributed by atoms with van der Waals surface area (Å²) in [5.74, 6) is 0.401. The van der Waals surface area contributed by atoms with Gasteiger partial charge in [-0.25, -0.2) is 9.97 Å². The summed E-state index contributed by atoms with van der Waals surface area (Å²) in [5, 5.41) is 3.93. The van der Waals surface area contributed by atoms with Crippen LogP contribution in [-0.2, 0) is 12.7 Å². The average Bonchev–Trinajstić information content (AvgIpc) is 2.65. The van der Waals surface area contributed by atoms with Crippen LogP contribution in [0.4, 0.5) is 19.0 Å². The molecule has 0 saturated carbocycles. The minimum absolute atomic E-state index is 0.401. The summed E-state index contributed by atoms with van der Waals surface area (Å²) < 4.78 is 37.1. The van der Waals surface area contributed by atoms with Crippen LogP contribution in [-0.4, -0.2) is 9.97 Å². The topological polar surface area (TPSA) is 37.8 Å². The molecule has 0 aliphatic rings. The number of nitrogens with one attached hydrogen (secondary N) is 1. The highest BCUT2D eigenvalue weighted by molar-refractivity contribution is 7.11. The van der Waals surface area contributed by atoms with E-state index in [0.29, 0.717) is 12.4 Å². The first-order valence-electron chi connectivity index (χ1n) is 5.56. The number of rotatable bonds is 3. The van der Waals surface area contributed by atoms with Crippen molar-refractivity contribution in [2.45, 2.75) is 26.6 Å². The molecule has 0 aliphatic heterocycles. The molecule has 19 heavy (non-hydrogen) atoms. The van der Waals surface area contributed by atoms with Crippen LogP contribution in [0.25, 0.3) is 0 Å². The second-order valence-electron chi connectivity index (χ2n) is 4.02. The number of thiazole rings is 1. The zero-order chi connectivity index (χ0) is 14.0. The van der Waals surface area contributed by atoms with E-state index in [-0.39, 0.29) is 0 Å². The first kappa shape index (κ1) is 13.8. The number of aryl methyl sites for hydroxylation is 2. The summed E-state index contributed by atoms with van der Waals surface area (Å²) in [4.78, 5) is 9.17. The Balaban J connectivity index is 2.02. The zero-order valence-corrected chi connectivity index (χ0v) is 11.2. The van der Waals surface area contributed by atoms with E-state index in [9.17, 15) is 13.2 Å². The van der Waals surface area contributed by atoms with Crippen molar-refractivity contribution in [2.24, 2.45) is 0 Å². The van der Waals surface area contributed by atoms with Crippen LogP contribution in [0.5, 0.6) is 0 Å². The van der Waals surface area contributed by atoms with Gasteiger partial charge in [-0.1, -0.05) is 0 Å². The van der Waals surface area contributed by atoms with Gasteiger partial charge in [0, 0.05) is 11.1 Å². The molecule has 0 bridgehead atoms. The van der Waals surface area contributed by atoms with Gasteiger partial charge in [0.2, 0.25) is 0 Å². The standard InChI is InChI=1S/C12H12F3N3S/c1-7-10(18-8(2)19-7)6-17-11-4-3-9(5-16-11)12(13,14)15/h3-5H,6H2,1-2H3,(H,16,17). The Hall–Kier alpha value is -1.63. The lowest BCUT2D eigenvalue weighted by Gasteiger charge is -2.08. The monoisotopic (exact) mass is 287 g/mol. The number of pyridine rings is 1. The Labute approximate surface area is 112 Å². The maximum Gasteiger partial charge on any atom is 0.417 e. The molecule has 0 aromatic carbocycles. The molecule has 2 heterocycles. The van der Waals surface area contributed by atoms with E-state index < -0.39 is 11.7 Å². The van der Waals surface area contributed by atoms with Gasteiger partial charge in [0.15, 0.2) is 0 Å². The molecule has 0 saturated heterocycles. The second kappa shape index (κ2) is 5.16. The number of halogens is 3. The summed E-state index contributed by atoms with van der Waals surface area (Å²) in [6.45, 7) is 4.33. The Morgan fingerprint density at radius 3 is 2.47 bits per heavy atom. The van der Waals surface area contributed by atoms with Crippen molar-refractivity contribution in [3.63, 3.8) is 0 Å². The van der Waals surface area contributed by atoms with Gasteiger partial charge in [-0.3, -0.25) is 0 Å². The van der Waals surface area contributed by atoms with Crippen molar-refractivity contribution in [3.05, 3.63) is 39.5 Å². The highest BCUT2D eigenvalue weighted by Gasteiger charge is 2.30. The SMILES string of the molecule is Cc1nc(CNc2ccc(C(F)(F)F)cn2)c(C)s1. The minimum Gasteiger partial charge on any atom is -0.364 e. The molecule has 102 valence electrons. The van der Waals surface area contributed by atoms with Gasteiger partial charge in [0.05, 0.1) is 22.8 Å². The predicted molar refractivity (Wildman–Crippen MR) is 68.2 cm³/mol. The molecule has 0 amide bonds. The molecule has 0 radical (unpaired) electrons. The van der Waals surface area contributed by atoms with Gasteiger partial charge in [0.1, 0.15) is 5.82 Å². The predicted octanol–water partition coefficient (Wildman–Crippen LogP) is 3.79. The summed E-state index contributed by atoms with van der Waals surface area (Å²) in [7, 11) is 0. The van der Waals surface area contributed by atoms with Gasteiger partial charge in [-0.15, -0.1) is 11.3 Å². The molecule has 0 spiro atoms. The van der Waals surface area contributed by atoms with E-state index in [1.807, 2.05) is 13.8 Å². The number of anilines is 1. The average molecular weight is 287 g/mol. The van der Waals surface area contributed by atoms with Crippen LogP contribution in [0.2, 0.25) is 0 Å². The summed E-state index contributed by atoms with van der Waals surface area (Å²) in [6, 6.07) is 2.33. The molecule has 3 nitrogen and oxygen atoms in total. The lowest BCUT2D eigenvalue weighted by atomic mass is 10.3. The summed E-state index contributed by atoms with van der Waals surface area (Å²) >= 11 is 1.59. The molecule has 2 aromatic heterocycles. The van der Waals surface area contributed by atoms with E-state index in [4.69, 9.17) is 0 Å². The third-order valence-corrected chi connectivity index (χ3v) is 3.46. The van der Waals surface area contributed by atoms with Crippen LogP contribution >= 0.6 is 11.3 Å². The number of alkyl halides is 3. The number of nitrogens with zero attached hydrogens (tertiary/aromatic N) is 2. The Morgan fingerprint density at radius 2 is 2.00 bits per heavy atom. The minimum atomic E-state index is -4.35. The quantitative estimate of drug-likeness (QED) is 0.933. The van der Waals surface area contributed by atoms with E-state index in [2.05, 4.69) is 15.3 Å². The molecular formula is C12H12F3N3S. The van der Waals surface area contributed by atoms with E-state index in [1.165, 1.54) is 6.07 Å². The lowest BCUT2D eigenvalue weighted by Crippen LogP contribution is -2.07. The van der Waals surface area contributed by atoms with E-state index in [0.717, 1.165) is 27.8 Å². The second-order valence-corrected chi connectivity index (χ2v) is 5.43. The molecule has 7 heteroatoms. The fraction of sp³-hybridized carbons (Fsp3) is 0.333. The first-order chi connectivity index (χ1) is 8.86. The highest BCUT2D eigenvalue weighted by atomic mass is 32.1. The van der Waals surface area contributed by atoms with Gasteiger partial charge in [-0.2, -0.15) is 13.2 Å². The fourth-order valence-electron chi connectivity index (χ4n) is 1.58. The number of hydrogen-bond donors (Lipinski definition) is 1. The third kappa shape index (κ3) is 3.44. The molecule has 0 unspecified atom stereocenters. The van der Waals surface area contributed by atoms with Crippen molar-refractivity contribution in [3.8, 4) is 0 Å². The van der Waals surface area contributed by atoms with Crippen LogP contribution in [0, 0.1) is 13.8 Å². The molecular weight excluding hydrogens is 275 g/mol. The zero-order valence-electron chi connectivity index (χ0n) is 10.4. The Kier molecular flexibility index (Phi) is 3.75.